The number of hydrogen-bond acceptors (Lipinski definition) is 3. The van der Waals surface area contributed by atoms with Crippen molar-refractivity contribution in [2.24, 2.45) is 0 Å². The zero-order chi connectivity index (χ0) is 21.8. The topological polar surface area (TPSA) is 49.4 Å². The van der Waals surface area contributed by atoms with Gasteiger partial charge in [-0.15, -0.1) is 11.3 Å². The number of amides is 2. The van der Waals surface area contributed by atoms with Crippen molar-refractivity contribution in [1.29, 1.82) is 0 Å². The van der Waals surface area contributed by atoms with Gasteiger partial charge in [0.05, 0.1) is 29.1 Å². The van der Waals surface area contributed by atoms with Crippen molar-refractivity contribution in [1.82, 2.24) is 10.2 Å². The Morgan fingerprint density at radius 3 is 2.61 bits per heavy atom. The fourth-order valence-electron chi connectivity index (χ4n) is 4.25. The van der Waals surface area contributed by atoms with E-state index in [4.69, 9.17) is 11.6 Å². The van der Waals surface area contributed by atoms with E-state index in [1.165, 1.54) is 10.4 Å². The van der Waals surface area contributed by atoms with E-state index in [9.17, 15) is 9.59 Å². The minimum absolute atomic E-state index is 0.0528. The number of carbonyl (C=O) groups is 2. The largest absolute Gasteiger partial charge is 0.345 e. The first-order chi connectivity index (χ1) is 15.1. The highest BCUT2D eigenvalue weighted by atomic mass is 35.5. The van der Waals surface area contributed by atoms with Crippen LogP contribution in [0.25, 0.3) is 0 Å². The molecule has 6 heteroatoms. The van der Waals surface area contributed by atoms with Crippen molar-refractivity contribution in [3.63, 3.8) is 0 Å². The van der Waals surface area contributed by atoms with Crippen LogP contribution < -0.4 is 5.32 Å². The molecular weight excluding hydrogens is 428 g/mol. The van der Waals surface area contributed by atoms with E-state index in [1.807, 2.05) is 35.2 Å². The molecule has 2 aromatic carbocycles. The van der Waals surface area contributed by atoms with E-state index >= 15 is 0 Å². The lowest BCUT2D eigenvalue weighted by Crippen LogP contribution is -2.41. The van der Waals surface area contributed by atoms with E-state index in [-0.39, 0.29) is 24.3 Å². The fourth-order valence-corrected chi connectivity index (χ4v) is 5.40. The third kappa shape index (κ3) is 4.68. The Hall–Kier alpha value is -2.63. The number of carbonyl (C=O) groups excluding carboxylic acids is 2. The lowest BCUT2D eigenvalue weighted by molar-refractivity contribution is -0.134. The molecular formula is C25H25ClN2O2S. The summed E-state index contributed by atoms with van der Waals surface area (Å²) >= 11 is 7.98. The van der Waals surface area contributed by atoms with Crippen LogP contribution in [0.5, 0.6) is 0 Å². The molecule has 1 aliphatic heterocycles. The van der Waals surface area contributed by atoms with Gasteiger partial charge in [0.15, 0.2) is 0 Å². The van der Waals surface area contributed by atoms with Crippen LogP contribution in [0.4, 0.5) is 0 Å². The van der Waals surface area contributed by atoms with Gasteiger partial charge < -0.3 is 10.2 Å². The van der Waals surface area contributed by atoms with Crippen LogP contribution in [-0.4, -0.2) is 23.3 Å². The molecule has 2 amide bonds. The summed E-state index contributed by atoms with van der Waals surface area (Å²) in [6.07, 6.45) is 1.96. The van der Waals surface area contributed by atoms with Gasteiger partial charge in [0, 0.05) is 11.4 Å². The molecule has 31 heavy (non-hydrogen) atoms. The lowest BCUT2D eigenvalue weighted by atomic mass is 9.96. The number of nitrogens with one attached hydrogen (secondary N) is 1. The van der Waals surface area contributed by atoms with Crippen LogP contribution in [-0.2, 0) is 11.2 Å². The Morgan fingerprint density at radius 2 is 1.87 bits per heavy atom. The Morgan fingerprint density at radius 1 is 1.13 bits per heavy atom. The molecule has 0 saturated carbocycles. The summed E-state index contributed by atoms with van der Waals surface area (Å²) in [6.45, 7) is 2.83. The normalized spacial score (nSPS) is 16.5. The Balaban J connectivity index is 1.56. The predicted molar refractivity (Wildman–Crippen MR) is 125 cm³/mol. The second-order valence-electron chi connectivity index (χ2n) is 7.68. The molecule has 0 spiro atoms. The first-order valence-electron chi connectivity index (χ1n) is 10.5. The van der Waals surface area contributed by atoms with Gasteiger partial charge in [-0.05, 0) is 47.5 Å². The zero-order valence-electron chi connectivity index (χ0n) is 17.4. The lowest BCUT2D eigenvalue weighted by Gasteiger charge is -2.36. The van der Waals surface area contributed by atoms with Crippen molar-refractivity contribution in [2.45, 2.75) is 38.3 Å². The summed E-state index contributed by atoms with van der Waals surface area (Å²) in [7, 11) is 0. The molecule has 4 nitrogen and oxygen atoms in total. The van der Waals surface area contributed by atoms with Crippen LogP contribution in [0.3, 0.4) is 0 Å². The van der Waals surface area contributed by atoms with Crippen molar-refractivity contribution in [3.05, 3.63) is 92.6 Å². The molecule has 0 aliphatic carbocycles. The molecule has 160 valence electrons. The van der Waals surface area contributed by atoms with Crippen molar-refractivity contribution >= 4 is 34.8 Å². The number of halogens is 1. The van der Waals surface area contributed by atoms with Gasteiger partial charge in [0.1, 0.15) is 0 Å². The molecule has 2 atom stereocenters. The molecule has 2 heterocycles. The average molecular weight is 453 g/mol. The van der Waals surface area contributed by atoms with E-state index in [1.54, 1.807) is 35.6 Å². The maximum atomic E-state index is 13.4. The van der Waals surface area contributed by atoms with E-state index in [0.717, 1.165) is 18.4 Å². The van der Waals surface area contributed by atoms with E-state index in [2.05, 4.69) is 23.7 Å². The third-order valence-electron chi connectivity index (χ3n) is 5.81. The molecule has 0 bridgehead atoms. The molecule has 1 N–H and O–H groups in total. The molecule has 3 aromatic rings. The van der Waals surface area contributed by atoms with Gasteiger partial charge >= 0.3 is 0 Å². The van der Waals surface area contributed by atoms with Gasteiger partial charge in [-0.3, -0.25) is 9.59 Å². The van der Waals surface area contributed by atoms with Crippen molar-refractivity contribution in [2.75, 3.05) is 6.54 Å². The van der Waals surface area contributed by atoms with Gasteiger partial charge in [0.25, 0.3) is 5.91 Å². The number of nitrogens with zero attached hydrogens (tertiary/aromatic N) is 1. The Bertz CT molecular complexity index is 1070. The van der Waals surface area contributed by atoms with Crippen LogP contribution in [0.2, 0.25) is 5.02 Å². The maximum absolute atomic E-state index is 13.4. The fraction of sp³-hybridized carbons (Fsp3) is 0.280. The highest BCUT2D eigenvalue weighted by Gasteiger charge is 2.32. The second kappa shape index (κ2) is 9.67. The average Bonchev–Trinajstić information content (AvgIpc) is 3.27. The van der Waals surface area contributed by atoms with Crippen molar-refractivity contribution in [3.8, 4) is 0 Å². The molecule has 4 rings (SSSR count). The predicted octanol–water partition coefficient (Wildman–Crippen LogP) is 5.80. The van der Waals surface area contributed by atoms with E-state index < -0.39 is 6.04 Å². The third-order valence-corrected chi connectivity index (χ3v) is 7.13. The SMILES string of the molecule is CCC1c2ccsc2CCN1C(=O)CC(NC(=O)c1ccccc1Cl)c1ccccc1. The molecule has 0 fully saturated rings. The summed E-state index contributed by atoms with van der Waals surface area (Å²) in [5.74, 6) is -0.227. The highest BCUT2D eigenvalue weighted by Crippen LogP contribution is 2.36. The van der Waals surface area contributed by atoms with Crippen LogP contribution in [0.1, 0.15) is 58.2 Å². The molecule has 1 aliphatic rings. The molecule has 0 saturated heterocycles. The monoisotopic (exact) mass is 452 g/mol. The Labute approximate surface area is 191 Å². The quantitative estimate of drug-likeness (QED) is 0.514. The summed E-state index contributed by atoms with van der Waals surface area (Å²) in [4.78, 5) is 29.7. The van der Waals surface area contributed by atoms with Gasteiger partial charge in [0.2, 0.25) is 5.91 Å². The van der Waals surface area contributed by atoms with Crippen LogP contribution in [0.15, 0.2) is 66.0 Å². The summed E-state index contributed by atoms with van der Waals surface area (Å²) in [5.41, 5.74) is 2.57. The van der Waals surface area contributed by atoms with Crippen LogP contribution in [0, 0.1) is 0 Å². The maximum Gasteiger partial charge on any atom is 0.253 e. The number of fused-ring (bicyclic) bond motifs is 1. The van der Waals surface area contributed by atoms with Crippen molar-refractivity contribution < 1.29 is 9.59 Å². The second-order valence-corrected chi connectivity index (χ2v) is 9.09. The van der Waals surface area contributed by atoms with Gasteiger partial charge in [-0.25, -0.2) is 0 Å². The first kappa shape index (κ1) is 21.6. The number of benzene rings is 2. The number of hydrogen-bond donors (Lipinski definition) is 1. The highest BCUT2D eigenvalue weighted by molar-refractivity contribution is 7.10. The van der Waals surface area contributed by atoms with Gasteiger partial charge in [-0.2, -0.15) is 0 Å². The number of thiophene rings is 1. The summed E-state index contributed by atoms with van der Waals surface area (Å²) in [5, 5.41) is 5.54. The molecule has 1 aromatic heterocycles. The minimum atomic E-state index is -0.432. The van der Waals surface area contributed by atoms with E-state index in [0.29, 0.717) is 17.1 Å². The summed E-state index contributed by atoms with van der Waals surface area (Å²) < 4.78 is 0. The van der Waals surface area contributed by atoms with Gasteiger partial charge in [-0.1, -0.05) is 61.0 Å². The van der Waals surface area contributed by atoms with Crippen LogP contribution >= 0.6 is 22.9 Å². The standard InChI is InChI=1S/C25H25ClN2O2S/c1-2-22-19-13-15-31-23(19)12-14-28(22)24(29)16-21(17-8-4-3-5-9-17)27-25(30)18-10-6-7-11-20(18)26/h3-11,13,15,21-22H,2,12,14,16H2,1H3,(H,27,30). The summed E-state index contributed by atoms with van der Waals surface area (Å²) in [6, 6.07) is 18.4. The Kier molecular flexibility index (Phi) is 6.73. The number of rotatable bonds is 6. The molecule has 2 unspecified atom stereocenters. The first-order valence-corrected chi connectivity index (χ1v) is 11.8. The minimum Gasteiger partial charge on any atom is -0.345 e. The zero-order valence-corrected chi connectivity index (χ0v) is 19.0. The molecule has 0 radical (unpaired) electrons. The smallest absolute Gasteiger partial charge is 0.253 e.